The maximum atomic E-state index is 12.8. The summed E-state index contributed by atoms with van der Waals surface area (Å²) in [5.41, 5.74) is 0.828. The number of amides is 1. The standard InChI is InChI=1S/C20H16ClF2N3O3S/c21-14-9-11(5-8-16(14)29-19(22)23)24-17(27)10-30-20-25-15-4-2-1-3-13(15)18(28)26(20)12-6-7-12/h1-5,8-9,12,19H,6-7,10H2,(H,24,27). The molecule has 0 unspecified atom stereocenters. The van der Waals surface area contributed by atoms with E-state index in [4.69, 9.17) is 11.6 Å². The van der Waals surface area contributed by atoms with Crippen molar-refractivity contribution >= 4 is 45.9 Å². The number of nitrogens with one attached hydrogen (secondary N) is 1. The van der Waals surface area contributed by atoms with Gasteiger partial charge in [0.25, 0.3) is 5.56 Å². The molecule has 0 radical (unpaired) electrons. The van der Waals surface area contributed by atoms with Crippen molar-refractivity contribution in [2.45, 2.75) is 30.7 Å². The Hall–Kier alpha value is -2.65. The van der Waals surface area contributed by atoms with E-state index in [2.05, 4.69) is 15.0 Å². The van der Waals surface area contributed by atoms with Crippen molar-refractivity contribution in [1.29, 1.82) is 0 Å². The summed E-state index contributed by atoms with van der Waals surface area (Å²) in [6, 6.07) is 11.2. The summed E-state index contributed by atoms with van der Waals surface area (Å²) in [7, 11) is 0. The third-order valence-electron chi connectivity index (χ3n) is 4.45. The van der Waals surface area contributed by atoms with Crippen LogP contribution < -0.4 is 15.6 Å². The van der Waals surface area contributed by atoms with Gasteiger partial charge in [0.05, 0.1) is 21.7 Å². The Morgan fingerprint density at radius 2 is 2.07 bits per heavy atom. The molecule has 1 fully saturated rings. The Bertz CT molecular complexity index is 1170. The first-order chi connectivity index (χ1) is 14.4. The predicted octanol–water partition coefficient (Wildman–Crippen LogP) is 4.72. The molecule has 0 spiro atoms. The van der Waals surface area contributed by atoms with Crippen LogP contribution in [0.3, 0.4) is 0 Å². The van der Waals surface area contributed by atoms with Crippen LogP contribution in [-0.2, 0) is 4.79 Å². The van der Waals surface area contributed by atoms with Gasteiger partial charge in [-0.1, -0.05) is 35.5 Å². The molecule has 0 aliphatic heterocycles. The Labute approximate surface area is 179 Å². The summed E-state index contributed by atoms with van der Waals surface area (Å²) >= 11 is 7.07. The van der Waals surface area contributed by atoms with Crippen molar-refractivity contribution in [2.75, 3.05) is 11.1 Å². The second-order valence-corrected chi connectivity index (χ2v) is 8.03. The number of thioether (sulfide) groups is 1. The van der Waals surface area contributed by atoms with E-state index >= 15 is 0 Å². The Balaban J connectivity index is 1.48. The molecule has 0 atom stereocenters. The number of carbonyl (C=O) groups is 1. The smallest absolute Gasteiger partial charge is 0.387 e. The largest absolute Gasteiger partial charge is 0.433 e. The molecule has 6 nitrogen and oxygen atoms in total. The molecule has 1 amide bonds. The fourth-order valence-electron chi connectivity index (χ4n) is 2.98. The minimum absolute atomic E-state index is 0.0183. The third-order valence-corrected chi connectivity index (χ3v) is 5.70. The van der Waals surface area contributed by atoms with Crippen molar-refractivity contribution in [3.63, 3.8) is 0 Å². The highest BCUT2D eigenvalue weighted by molar-refractivity contribution is 7.99. The third kappa shape index (κ3) is 4.57. The van der Waals surface area contributed by atoms with E-state index in [0.29, 0.717) is 21.7 Å². The van der Waals surface area contributed by atoms with Crippen LogP contribution in [0.4, 0.5) is 14.5 Å². The fraction of sp³-hybridized carbons (Fsp3) is 0.250. The zero-order valence-corrected chi connectivity index (χ0v) is 17.1. The van der Waals surface area contributed by atoms with Crippen LogP contribution in [0.15, 0.2) is 52.4 Å². The second-order valence-electron chi connectivity index (χ2n) is 6.68. The minimum atomic E-state index is -2.99. The van der Waals surface area contributed by atoms with E-state index in [9.17, 15) is 18.4 Å². The Morgan fingerprint density at radius 3 is 2.77 bits per heavy atom. The number of carbonyl (C=O) groups excluding carboxylic acids is 1. The average Bonchev–Trinajstić information content (AvgIpc) is 3.53. The molecule has 1 N–H and O–H groups in total. The molecule has 2 aromatic carbocycles. The fourth-order valence-corrected chi connectivity index (χ4v) is 4.07. The van der Waals surface area contributed by atoms with Gasteiger partial charge in [-0.3, -0.25) is 14.2 Å². The molecular formula is C20H16ClF2N3O3S. The van der Waals surface area contributed by atoms with Crippen LogP contribution >= 0.6 is 23.4 Å². The monoisotopic (exact) mass is 451 g/mol. The molecule has 10 heteroatoms. The summed E-state index contributed by atoms with van der Waals surface area (Å²) in [6.07, 6.45) is 1.82. The highest BCUT2D eigenvalue weighted by atomic mass is 35.5. The maximum absolute atomic E-state index is 12.8. The average molecular weight is 452 g/mol. The summed E-state index contributed by atoms with van der Waals surface area (Å²) in [6.45, 7) is -2.99. The molecule has 0 bridgehead atoms. The first-order valence-corrected chi connectivity index (χ1v) is 10.5. The summed E-state index contributed by atoms with van der Waals surface area (Å²) in [4.78, 5) is 29.8. The van der Waals surface area contributed by atoms with E-state index in [1.165, 1.54) is 30.0 Å². The summed E-state index contributed by atoms with van der Waals surface area (Å²) in [5.74, 6) is -0.499. The minimum Gasteiger partial charge on any atom is -0.433 e. The molecule has 1 aromatic heterocycles. The van der Waals surface area contributed by atoms with Gasteiger partial charge in [-0.15, -0.1) is 0 Å². The first-order valence-electron chi connectivity index (χ1n) is 9.10. The van der Waals surface area contributed by atoms with Gasteiger partial charge in [-0.2, -0.15) is 8.78 Å². The molecule has 1 heterocycles. The Kier molecular flexibility index (Phi) is 5.92. The van der Waals surface area contributed by atoms with Gasteiger partial charge in [0.1, 0.15) is 5.75 Å². The number of anilines is 1. The van der Waals surface area contributed by atoms with Crippen molar-refractivity contribution in [1.82, 2.24) is 9.55 Å². The van der Waals surface area contributed by atoms with Crippen molar-refractivity contribution < 1.29 is 18.3 Å². The quantitative estimate of drug-likeness (QED) is 0.416. The lowest BCUT2D eigenvalue weighted by molar-refractivity contribution is -0.113. The number of nitrogens with zero attached hydrogens (tertiary/aromatic N) is 2. The zero-order chi connectivity index (χ0) is 21.3. The van der Waals surface area contributed by atoms with Crippen LogP contribution in [0.1, 0.15) is 18.9 Å². The van der Waals surface area contributed by atoms with E-state index in [0.717, 1.165) is 12.8 Å². The van der Waals surface area contributed by atoms with E-state index in [1.807, 2.05) is 6.07 Å². The van der Waals surface area contributed by atoms with Crippen LogP contribution in [0, 0.1) is 0 Å². The molecular weight excluding hydrogens is 436 g/mol. The summed E-state index contributed by atoms with van der Waals surface area (Å²) < 4.78 is 30.6. The van der Waals surface area contributed by atoms with Crippen molar-refractivity contribution in [3.05, 3.63) is 57.8 Å². The van der Waals surface area contributed by atoms with Gasteiger partial charge >= 0.3 is 6.61 Å². The van der Waals surface area contributed by atoms with Crippen LogP contribution in [0.25, 0.3) is 10.9 Å². The number of halogens is 3. The number of para-hydroxylation sites is 1. The number of hydrogen-bond acceptors (Lipinski definition) is 5. The maximum Gasteiger partial charge on any atom is 0.387 e. The number of ether oxygens (including phenoxy) is 1. The SMILES string of the molecule is O=C(CSc1nc2ccccc2c(=O)n1C1CC1)Nc1ccc(OC(F)F)c(Cl)c1. The highest BCUT2D eigenvalue weighted by Gasteiger charge is 2.28. The molecule has 30 heavy (non-hydrogen) atoms. The highest BCUT2D eigenvalue weighted by Crippen LogP contribution is 2.37. The first kappa shape index (κ1) is 20.6. The van der Waals surface area contributed by atoms with Gasteiger partial charge < -0.3 is 10.1 Å². The van der Waals surface area contributed by atoms with Crippen LogP contribution in [0.2, 0.25) is 5.02 Å². The molecule has 1 aliphatic rings. The molecule has 1 saturated carbocycles. The van der Waals surface area contributed by atoms with E-state index < -0.39 is 6.61 Å². The zero-order valence-electron chi connectivity index (χ0n) is 15.5. The lowest BCUT2D eigenvalue weighted by Crippen LogP contribution is -2.23. The second kappa shape index (κ2) is 8.61. The predicted molar refractivity (Wildman–Crippen MR) is 112 cm³/mol. The van der Waals surface area contributed by atoms with Crippen molar-refractivity contribution in [3.8, 4) is 5.75 Å². The molecule has 0 saturated heterocycles. The number of alkyl halides is 2. The topological polar surface area (TPSA) is 73.2 Å². The van der Waals surface area contributed by atoms with Crippen molar-refractivity contribution in [2.24, 2.45) is 0 Å². The summed E-state index contributed by atoms with van der Waals surface area (Å²) in [5, 5.41) is 3.66. The van der Waals surface area contributed by atoms with Gasteiger partial charge in [-0.25, -0.2) is 4.98 Å². The normalized spacial score (nSPS) is 13.6. The van der Waals surface area contributed by atoms with E-state index in [1.54, 1.807) is 22.8 Å². The molecule has 4 rings (SSSR count). The van der Waals surface area contributed by atoms with Crippen LogP contribution in [0.5, 0.6) is 5.75 Å². The van der Waals surface area contributed by atoms with Gasteiger partial charge in [-0.05, 0) is 43.2 Å². The number of fused-ring (bicyclic) bond motifs is 1. The molecule has 1 aliphatic carbocycles. The van der Waals surface area contributed by atoms with Crippen LogP contribution in [-0.4, -0.2) is 27.8 Å². The molecule has 156 valence electrons. The number of hydrogen-bond donors (Lipinski definition) is 1. The van der Waals surface area contributed by atoms with Gasteiger partial charge in [0.2, 0.25) is 5.91 Å². The lowest BCUT2D eigenvalue weighted by atomic mass is 10.2. The number of rotatable bonds is 7. The van der Waals surface area contributed by atoms with E-state index in [-0.39, 0.29) is 34.0 Å². The number of aromatic nitrogens is 2. The number of benzene rings is 2. The lowest BCUT2D eigenvalue weighted by Gasteiger charge is -2.12. The van der Waals surface area contributed by atoms with Gasteiger partial charge in [0.15, 0.2) is 5.16 Å². The molecule has 3 aromatic rings. The van der Waals surface area contributed by atoms with Gasteiger partial charge in [0, 0.05) is 11.7 Å². The Morgan fingerprint density at radius 1 is 1.30 bits per heavy atom.